The molecule has 2 N–H and O–H groups in total. The van der Waals surface area contributed by atoms with Crippen LogP contribution in [0, 0.1) is 0 Å². The van der Waals surface area contributed by atoms with Gasteiger partial charge in [-0.3, -0.25) is 0 Å². The van der Waals surface area contributed by atoms with Crippen LogP contribution < -0.4 is 15.4 Å². The van der Waals surface area contributed by atoms with Crippen LogP contribution in [0.3, 0.4) is 0 Å². The summed E-state index contributed by atoms with van der Waals surface area (Å²) in [6.45, 7) is 11.3. The highest BCUT2D eigenvalue weighted by Gasteiger charge is 2.21. The fraction of sp³-hybridized carbons (Fsp3) is 0.700. The van der Waals surface area contributed by atoms with Crippen molar-refractivity contribution in [1.29, 1.82) is 0 Å². The number of hydrogen-bond acceptors (Lipinski definition) is 5. The molecule has 1 saturated heterocycles. The van der Waals surface area contributed by atoms with E-state index in [0.717, 1.165) is 44.0 Å². The van der Waals surface area contributed by atoms with Crippen LogP contribution in [0.5, 0.6) is 5.88 Å². The van der Waals surface area contributed by atoms with Crippen molar-refractivity contribution in [2.75, 3.05) is 40.0 Å². The van der Waals surface area contributed by atoms with E-state index in [4.69, 9.17) is 14.5 Å². The average molecular weight is 505 g/mol. The van der Waals surface area contributed by atoms with Gasteiger partial charge in [0.25, 0.3) is 0 Å². The maximum Gasteiger partial charge on any atom is 0.218 e. The Hall–Kier alpha value is -1.13. The number of piperidine rings is 1. The van der Waals surface area contributed by atoms with Crippen LogP contribution in [0.25, 0.3) is 0 Å². The quantitative estimate of drug-likeness (QED) is 0.233. The SMILES string of the molecule is CCNC(=NCc1cccnc1OCCOC)NC1CCN(C(C)C)CC1.I. The number of rotatable bonds is 9. The number of nitrogens with zero attached hydrogens (tertiary/aromatic N) is 3. The van der Waals surface area contributed by atoms with Gasteiger partial charge in [0.2, 0.25) is 5.88 Å². The van der Waals surface area contributed by atoms with Crippen LogP contribution in [-0.4, -0.2) is 67.9 Å². The van der Waals surface area contributed by atoms with Gasteiger partial charge in [-0.05, 0) is 39.7 Å². The Kier molecular flexibility index (Phi) is 12.4. The predicted molar refractivity (Wildman–Crippen MR) is 125 cm³/mol. The number of likely N-dealkylation sites (tertiary alicyclic amines) is 1. The number of pyridine rings is 1. The normalized spacial score (nSPS) is 16.0. The third kappa shape index (κ3) is 8.48. The fourth-order valence-corrected chi connectivity index (χ4v) is 3.13. The molecule has 28 heavy (non-hydrogen) atoms. The largest absolute Gasteiger partial charge is 0.475 e. The number of aromatic nitrogens is 1. The van der Waals surface area contributed by atoms with Gasteiger partial charge in [-0.15, -0.1) is 24.0 Å². The third-order valence-electron chi connectivity index (χ3n) is 4.73. The van der Waals surface area contributed by atoms with Crippen LogP contribution in [0.4, 0.5) is 0 Å². The van der Waals surface area contributed by atoms with Gasteiger partial charge in [0, 0.05) is 50.6 Å². The van der Waals surface area contributed by atoms with E-state index in [1.807, 2.05) is 12.1 Å². The second kappa shape index (κ2) is 13.9. The number of hydrogen-bond donors (Lipinski definition) is 2. The zero-order valence-electron chi connectivity index (χ0n) is 17.6. The molecule has 7 nitrogen and oxygen atoms in total. The lowest BCUT2D eigenvalue weighted by atomic mass is 10.0. The van der Waals surface area contributed by atoms with Gasteiger partial charge in [-0.1, -0.05) is 6.07 Å². The molecule has 0 unspecified atom stereocenters. The molecule has 0 saturated carbocycles. The average Bonchev–Trinajstić information content (AvgIpc) is 2.68. The molecular formula is C20H36IN5O2. The molecular weight excluding hydrogens is 469 g/mol. The summed E-state index contributed by atoms with van der Waals surface area (Å²) >= 11 is 0. The molecule has 160 valence electrons. The minimum atomic E-state index is 0. The van der Waals surface area contributed by atoms with Gasteiger partial charge in [0.05, 0.1) is 13.2 Å². The second-order valence-corrected chi connectivity index (χ2v) is 7.05. The van der Waals surface area contributed by atoms with E-state index < -0.39 is 0 Å². The van der Waals surface area contributed by atoms with Crippen LogP contribution in [0.15, 0.2) is 23.3 Å². The van der Waals surface area contributed by atoms with Gasteiger partial charge in [-0.25, -0.2) is 9.98 Å². The molecule has 1 aliphatic rings. The zero-order valence-corrected chi connectivity index (χ0v) is 19.9. The van der Waals surface area contributed by atoms with Crippen LogP contribution in [0.1, 0.15) is 39.2 Å². The Labute approximate surface area is 186 Å². The molecule has 0 spiro atoms. The summed E-state index contributed by atoms with van der Waals surface area (Å²) in [7, 11) is 1.66. The van der Waals surface area contributed by atoms with E-state index >= 15 is 0 Å². The molecule has 0 bridgehead atoms. The maximum absolute atomic E-state index is 5.70. The van der Waals surface area contributed by atoms with Gasteiger partial charge >= 0.3 is 0 Å². The van der Waals surface area contributed by atoms with Crippen molar-refractivity contribution < 1.29 is 9.47 Å². The summed E-state index contributed by atoms with van der Waals surface area (Å²) in [5.74, 6) is 1.48. The standard InChI is InChI=1S/C20H35N5O2.HI/c1-5-21-20(24-18-8-11-25(12-9-18)16(2)3)23-15-17-7-6-10-22-19(17)27-14-13-26-4;/h6-7,10,16,18H,5,8-9,11-15H2,1-4H3,(H2,21,23,24);1H. The number of guanidine groups is 1. The molecule has 2 rings (SSSR count). The van der Waals surface area contributed by atoms with E-state index in [9.17, 15) is 0 Å². The Morgan fingerprint density at radius 2 is 2.07 bits per heavy atom. The number of ether oxygens (including phenoxy) is 2. The van der Waals surface area contributed by atoms with Crippen molar-refractivity contribution in [1.82, 2.24) is 20.5 Å². The number of nitrogens with one attached hydrogen (secondary N) is 2. The predicted octanol–water partition coefficient (Wildman–Crippen LogP) is 2.65. The number of halogens is 1. The van der Waals surface area contributed by atoms with Crippen molar-refractivity contribution in [3.05, 3.63) is 23.9 Å². The Morgan fingerprint density at radius 1 is 1.32 bits per heavy atom. The highest BCUT2D eigenvalue weighted by atomic mass is 127. The summed E-state index contributed by atoms with van der Waals surface area (Å²) in [6.07, 6.45) is 4.02. The van der Waals surface area contributed by atoms with Gasteiger partial charge in [-0.2, -0.15) is 0 Å². The zero-order chi connectivity index (χ0) is 19.5. The first-order chi connectivity index (χ1) is 13.1. The Morgan fingerprint density at radius 3 is 2.71 bits per heavy atom. The van der Waals surface area contributed by atoms with Crippen molar-refractivity contribution in [2.45, 2.75) is 52.2 Å². The highest BCUT2D eigenvalue weighted by Crippen LogP contribution is 2.16. The highest BCUT2D eigenvalue weighted by molar-refractivity contribution is 14.0. The number of methoxy groups -OCH3 is 1. The monoisotopic (exact) mass is 505 g/mol. The van der Waals surface area contributed by atoms with Crippen LogP contribution >= 0.6 is 24.0 Å². The van der Waals surface area contributed by atoms with Crippen molar-refractivity contribution in [3.63, 3.8) is 0 Å². The Balaban J connectivity index is 0.00000392. The van der Waals surface area contributed by atoms with Crippen LogP contribution in [-0.2, 0) is 11.3 Å². The Bertz CT molecular complexity index is 577. The number of aliphatic imine (C=N–C) groups is 1. The van der Waals surface area contributed by atoms with Crippen molar-refractivity contribution in [2.24, 2.45) is 4.99 Å². The molecule has 0 radical (unpaired) electrons. The van der Waals surface area contributed by atoms with Crippen molar-refractivity contribution in [3.8, 4) is 5.88 Å². The molecule has 0 amide bonds. The molecule has 0 atom stereocenters. The lowest BCUT2D eigenvalue weighted by Gasteiger charge is -2.35. The third-order valence-corrected chi connectivity index (χ3v) is 4.73. The first-order valence-electron chi connectivity index (χ1n) is 9.98. The lowest BCUT2D eigenvalue weighted by molar-refractivity contribution is 0.143. The molecule has 1 fully saturated rings. The minimum absolute atomic E-state index is 0. The van der Waals surface area contributed by atoms with Gasteiger partial charge < -0.3 is 25.0 Å². The smallest absolute Gasteiger partial charge is 0.218 e. The summed E-state index contributed by atoms with van der Waals surface area (Å²) in [6, 6.07) is 5.00. The topological polar surface area (TPSA) is 71.0 Å². The van der Waals surface area contributed by atoms with E-state index in [0.29, 0.717) is 37.7 Å². The van der Waals surface area contributed by atoms with Gasteiger partial charge in [0.15, 0.2) is 5.96 Å². The molecule has 1 aromatic heterocycles. The summed E-state index contributed by atoms with van der Waals surface area (Å²) in [4.78, 5) is 11.6. The van der Waals surface area contributed by atoms with E-state index in [-0.39, 0.29) is 24.0 Å². The van der Waals surface area contributed by atoms with E-state index in [2.05, 4.69) is 41.3 Å². The minimum Gasteiger partial charge on any atom is -0.475 e. The van der Waals surface area contributed by atoms with E-state index in [1.54, 1.807) is 13.3 Å². The first kappa shape index (κ1) is 24.9. The second-order valence-electron chi connectivity index (χ2n) is 7.05. The van der Waals surface area contributed by atoms with Crippen LogP contribution in [0.2, 0.25) is 0 Å². The van der Waals surface area contributed by atoms with Gasteiger partial charge in [0.1, 0.15) is 6.61 Å². The fourth-order valence-electron chi connectivity index (χ4n) is 3.13. The van der Waals surface area contributed by atoms with E-state index in [1.165, 1.54) is 0 Å². The molecule has 0 aromatic carbocycles. The summed E-state index contributed by atoms with van der Waals surface area (Å²) in [5, 5.41) is 6.94. The van der Waals surface area contributed by atoms with Crippen molar-refractivity contribution >= 4 is 29.9 Å². The molecule has 0 aliphatic carbocycles. The molecule has 1 aliphatic heterocycles. The molecule has 1 aromatic rings. The summed E-state index contributed by atoms with van der Waals surface area (Å²) in [5.41, 5.74) is 0.973. The lowest BCUT2D eigenvalue weighted by Crippen LogP contribution is -2.49. The molecule has 8 heteroatoms. The first-order valence-corrected chi connectivity index (χ1v) is 9.98. The summed E-state index contributed by atoms with van der Waals surface area (Å²) < 4.78 is 10.7. The maximum atomic E-state index is 5.70. The molecule has 2 heterocycles.